The zero-order valence-corrected chi connectivity index (χ0v) is 12.0. The Morgan fingerprint density at radius 1 is 1.42 bits per heavy atom. The Kier molecular flexibility index (Phi) is 5.14. The molecule has 0 saturated carbocycles. The summed E-state index contributed by atoms with van der Waals surface area (Å²) in [5.41, 5.74) is -0.606. The molecule has 6 heteroatoms. The summed E-state index contributed by atoms with van der Waals surface area (Å²) in [6, 6.07) is -0.632. The van der Waals surface area contributed by atoms with Gasteiger partial charge < -0.3 is 15.0 Å². The second-order valence-electron chi connectivity index (χ2n) is 5.83. The summed E-state index contributed by atoms with van der Waals surface area (Å²) < 4.78 is 17.9. The molecular formula is C13H23FN2O3. The number of likely N-dealkylation sites (tertiary alicyclic amines) is 1. The molecule has 0 unspecified atom stereocenters. The third-order valence-electron chi connectivity index (χ3n) is 2.72. The van der Waals surface area contributed by atoms with Crippen molar-refractivity contribution in [1.82, 2.24) is 10.2 Å². The van der Waals surface area contributed by atoms with E-state index < -0.39 is 23.9 Å². The van der Waals surface area contributed by atoms with Crippen molar-refractivity contribution in [1.29, 1.82) is 0 Å². The quantitative estimate of drug-likeness (QED) is 0.851. The number of ether oxygens (including phenoxy) is 1. The predicted octanol–water partition coefficient (Wildman–Crippen LogP) is 1.86. The van der Waals surface area contributed by atoms with Gasteiger partial charge in [-0.25, -0.2) is 9.18 Å². The lowest BCUT2D eigenvalue weighted by molar-refractivity contribution is -0.140. The van der Waals surface area contributed by atoms with Gasteiger partial charge in [0.15, 0.2) is 0 Å². The van der Waals surface area contributed by atoms with Crippen molar-refractivity contribution in [3.8, 4) is 0 Å². The first-order chi connectivity index (χ1) is 8.73. The third-order valence-corrected chi connectivity index (χ3v) is 2.72. The summed E-state index contributed by atoms with van der Waals surface area (Å²) in [5, 5.41) is 2.56. The number of hydrogen-bond donors (Lipinski definition) is 1. The fourth-order valence-corrected chi connectivity index (χ4v) is 1.82. The maximum atomic E-state index is 12.8. The Hall–Kier alpha value is -1.33. The molecule has 0 aliphatic carbocycles. The molecule has 1 atom stereocenters. The van der Waals surface area contributed by atoms with E-state index >= 15 is 0 Å². The number of carbonyl (C=O) groups is 2. The minimum absolute atomic E-state index is 0.120. The highest BCUT2D eigenvalue weighted by Crippen LogP contribution is 2.15. The number of halogens is 1. The molecule has 0 aromatic rings. The number of nitrogens with zero attached hydrogens (tertiary/aromatic N) is 1. The Balaban J connectivity index is 2.52. The van der Waals surface area contributed by atoms with Crippen LogP contribution in [-0.2, 0) is 9.53 Å². The first kappa shape index (κ1) is 15.7. The number of carbonyl (C=O) groups excluding carboxylic acids is 2. The van der Waals surface area contributed by atoms with E-state index in [1.165, 1.54) is 4.90 Å². The van der Waals surface area contributed by atoms with Crippen LogP contribution in [0.15, 0.2) is 0 Å². The molecule has 110 valence electrons. The molecule has 1 heterocycles. The van der Waals surface area contributed by atoms with Crippen LogP contribution in [-0.4, -0.2) is 47.8 Å². The largest absolute Gasteiger partial charge is 0.444 e. The van der Waals surface area contributed by atoms with E-state index in [0.29, 0.717) is 6.42 Å². The van der Waals surface area contributed by atoms with Crippen LogP contribution in [0.25, 0.3) is 0 Å². The molecule has 1 fully saturated rings. The lowest BCUT2D eigenvalue weighted by Gasteiger charge is -2.37. The summed E-state index contributed by atoms with van der Waals surface area (Å²) in [7, 11) is 0. The average Bonchev–Trinajstić information content (AvgIpc) is 2.20. The van der Waals surface area contributed by atoms with Gasteiger partial charge in [-0.3, -0.25) is 4.79 Å². The molecule has 1 saturated heterocycles. The van der Waals surface area contributed by atoms with Crippen molar-refractivity contribution in [2.75, 3.05) is 13.1 Å². The first-order valence-electron chi connectivity index (χ1n) is 6.65. The molecule has 0 aromatic heterocycles. The van der Waals surface area contributed by atoms with E-state index in [-0.39, 0.29) is 19.0 Å². The van der Waals surface area contributed by atoms with E-state index in [0.717, 1.165) is 6.42 Å². The normalized spacial score (nSPS) is 17.6. The Morgan fingerprint density at radius 3 is 2.42 bits per heavy atom. The van der Waals surface area contributed by atoms with E-state index in [2.05, 4.69) is 5.32 Å². The number of rotatable bonds is 4. The molecule has 1 aliphatic rings. The van der Waals surface area contributed by atoms with Crippen LogP contribution in [0, 0.1) is 0 Å². The van der Waals surface area contributed by atoms with E-state index in [1.54, 1.807) is 20.8 Å². The molecule has 0 radical (unpaired) electrons. The fraction of sp³-hybridized carbons (Fsp3) is 0.846. The van der Waals surface area contributed by atoms with Crippen molar-refractivity contribution in [2.24, 2.45) is 0 Å². The molecule has 1 aliphatic heterocycles. The standard InChI is InChI=1S/C13H23FN2O3/c1-5-6-10(11(17)16-7-9(14)8-16)15-12(18)19-13(2,3)4/h9-10H,5-8H2,1-4H3,(H,15,18)/t10-/m1/s1. The van der Waals surface area contributed by atoms with Gasteiger partial charge in [-0.05, 0) is 27.2 Å². The van der Waals surface area contributed by atoms with Crippen LogP contribution in [0.3, 0.4) is 0 Å². The third kappa shape index (κ3) is 5.04. The zero-order valence-electron chi connectivity index (χ0n) is 12.0. The van der Waals surface area contributed by atoms with Crippen molar-refractivity contribution in [2.45, 2.75) is 58.4 Å². The number of amides is 2. The van der Waals surface area contributed by atoms with E-state index in [1.807, 2.05) is 6.92 Å². The maximum Gasteiger partial charge on any atom is 0.408 e. The Bertz CT molecular complexity index is 335. The van der Waals surface area contributed by atoms with Crippen LogP contribution in [0.5, 0.6) is 0 Å². The highest BCUT2D eigenvalue weighted by Gasteiger charge is 2.35. The smallest absolute Gasteiger partial charge is 0.408 e. The minimum atomic E-state index is -0.937. The van der Waals surface area contributed by atoms with Gasteiger partial charge in [-0.1, -0.05) is 13.3 Å². The molecule has 0 aromatic carbocycles. The average molecular weight is 274 g/mol. The van der Waals surface area contributed by atoms with E-state index in [9.17, 15) is 14.0 Å². The topological polar surface area (TPSA) is 58.6 Å². The maximum absolute atomic E-state index is 12.8. The molecule has 1 rings (SSSR count). The number of hydrogen-bond acceptors (Lipinski definition) is 3. The van der Waals surface area contributed by atoms with Crippen molar-refractivity contribution >= 4 is 12.0 Å². The second-order valence-corrected chi connectivity index (χ2v) is 5.83. The van der Waals surface area contributed by atoms with Crippen LogP contribution in [0.4, 0.5) is 9.18 Å². The molecule has 1 N–H and O–H groups in total. The van der Waals surface area contributed by atoms with Gasteiger partial charge in [0.2, 0.25) is 5.91 Å². The summed E-state index contributed by atoms with van der Waals surface area (Å²) in [5.74, 6) is -0.235. The van der Waals surface area contributed by atoms with Crippen molar-refractivity contribution in [3.63, 3.8) is 0 Å². The van der Waals surface area contributed by atoms with Gasteiger partial charge in [-0.2, -0.15) is 0 Å². The SMILES string of the molecule is CCC[C@@H](NC(=O)OC(C)(C)C)C(=O)N1CC(F)C1. The Morgan fingerprint density at radius 2 is 2.00 bits per heavy atom. The Labute approximate surface area is 113 Å². The molecule has 5 nitrogen and oxygen atoms in total. The molecule has 2 amide bonds. The second kappa shape index (κ2) is 6.21. The fourth-order valence-electron chi connectivity index (χ4n) is 1.82. The van der Waals surface area contributed by atoms with Crippen LogP contribution >= 0.6 is 0 Å². The summed E-state index contributed by atoms with van der Waals surface area (Å²) in [6.45, 7) is 7.43. The van der Waals surface area contributed by atoms with E-state index in [4.69, 9.17) is 4.74 Å². The van der Waals surface area contributed by atoms with Gasteiger partial charge in [0, 0.05) is 0 Å². The van der Waals surface area contributed by atoms with Crippen molar-refractivity contribution < 1.29 is 18.7 Å². The van der Waals surface area contributed by atoms with Gasteiger partial charge >= 0.3 is 6.09 Å². The number of alkyl halides is 1. The van der Waals surface area contributed by atoms with Gasteiger partial charge in [0.05, 0.1) is 13.1 Å². The van der Waals surface area contributed by atoms with Crippen LogP contribution in [0.1, 0.15) is 40.5 Å². The highest BCUT2D eigenvalue weighted by molar-refractivity contribution is 5.86. The molecule has 0 bridgehead atoms. The summed E-state index contributed by atoms with van der Waals surface area (Å²) in [4.78, 5) is 25.1. The minimum Gasteiger partial charge on any atom is -0.444 e. The number of nitrogens with one attached hydrogen (secondary N) is 1. The predicted molar refractivity (Wildman–Crippen MR) is 69.5 cm³/mol. The van der Waals surface area contributed by atoms with Gasteiger partial charge in [-0.15, -0.1) is 0 Å². The summed E-state index contributed by atoms with van der Waals surface area (Å²) >= 11 is 0. The van der Waals surface area contributed by atoms with Gasteiger partial charge in [0.1, 0.15) is 17.8 Å². The zero-order chi connectivity index (χ0) is 14.6. The monoisotopic (exact) mass is 274 g/mol. The lowest BCUT2D eigenvalue weighted by atomic mass is 10.1. The summed E-state index contributed by atoms with van der Waals surface area (Å²) in [6.07, 6.45) is -0.283. The molecular weight excluding hydrogens is 251 g/mol. The first-order valence-corrected chi connectivity index (χ1v) is 6.65. The van der Waals surface area contributed by atoms with Crippen molar-refractivity contribution in [3.05, 3.63) is 0 Å². The van der Waals surface area contributed by atoms with Crippen LogP contribution in [0.2, 0.25) is 0 Å². The van der Waals surface area contributed by atoms with Gasteiger partial charge in [0.25, 0.3) is 0 Å². The molecule has 19 heavy (non-hydrogen) atoms. The lowest BCUT2D eigenvalue weighted by Crippen LogP contribution is -2.58. The highest BCUT2D eigenvalue weighted by atomic mass is 19.1. The molecule has 0 spiro atoms. The number of alkyl carbamates (subject to hydrolysis) is 1. The van der Waals surface area contributed by atoms with Crippen LogP contribution < -0.4 is 5.32 Å².